The Kier molecular flexibility index (Phi) is 39.0. The van der Waals surface area contributed by atoms with Gasteiger partial charge in [-0.3, -0.25) is 18.6 Å². The largest absolute Gasteiger partial charge is 0.472 e. The van der Waals surface area contributed by atoms with E-state index < -0.39 is 26.5 Å². The summed E-state index contributed by atoms with van der Waals surface area (Å²) in [4.78, 5) is 35.4. The van der Waals surface area contributed by atoms with Gasteiger partial charge in [-0.25, -0.2) is 4.57 Å². The third-order valence-electron chi connectivity index (χ3n) is 9.83. The number of quaternary nitrogens is 1. The van der Waals surface area contributed by atoms with Gasteiger partial charge in [-0.15, -0.1) is 0 Å². The van der Waals surface area contributed by atoms with Gasteiger partial charge in [0.1, 0.15) is 19.8 Å². The summed E-state index contributed by atoms with van der Waals surface area (Å²) in [7, 11) is 1.44. The smallest absolute Gasteiger partial charge is 0.462 e. The number of esters is 2. The Morgan fingerprint density at radius 2 is 0.948 bits per heavy atom. The van der Waals surface area contributed by atoms with Crippen molar-refractivity contribution in [1.29, 1.82) is 0 Å². The van der Waals surface area contributed by atoms with E-state index in [-0.39, 0.29) is 32.0 Å². The van der Waals surface area contributed by atoms with E-state index >= 15 is 0 Å². The van der Waals surface area contributed by atoms with Crippen molar-refractivity contribution in [2.24, 2.45) is 0 Å². The molecule has 9 nitrogen and oxygen atoms in total. The Hall–Kier alpha value is -2.03. The van der Waals surface area contributed by atoms with Crippen molar-refractivity contribution in [1.82, 2.24) is 0 Å². The van der Waals surface area contributed by atoms with Gasteiger partial charge in [-0.2, -0.15) is 0 Å². The van der Waals surface area contributed by atoms with Crippen LogP contribution in [0.4, 0.5) is 0 Å². The first kappa shape index (κ1) is 56.0. The highest BCUT2D eigenvalue weighted by atomic mass is 31.2. The average Bonchev–Trinajstić information content (AvgIpc) is 3.17. The van der Waals surface area contributed by atoms with Crippen LogP contribution in [-0.4, -0.2) is 74.9 Å². The second-order valence-electron chi connectivity index (χ2n) is 16.8. The monoisotopic (exact) mass is 839 g/mol. The standard InChI is InChI=1S/C48H88NO8P/c1-6-8-10-12-14-16-18-20-22-24-26-28-30-32-34-36-38-40-47(50)54-44-46(45-56-58(52,53)55-43-42-49(3,4)5)57-48(51)41-39-37-35-33-31-29-27-25-23-21-19-17-15-13-11-9-7-2/h20-23,27,29,33,35,46H,6-19,24-26,28,30-32,34,36-45H2,1-5H3/p+1/b22-20-,23-21-,29-27-,35-33-/t46-/m1/s1. The molecule has 0 aliphatic carbocycles. The molecule has 0 saturated heterocycles. The van der Waals surface area contributed by atoms with Crippen LogP contribution in [0.5, 0.6) is 0 Å². The predicted octanol–water partition coefficient (Wildman–Crippen LogP) is 13.5. The molecule has 10 heteroatoms. The zero-order chi connectivity index (χ0) is 42.8. The molecule has 0 aromatic rings. The molecule has 58 heavy (non-hydrogen) atoms. The quantitative estimate of drug-likeness (QED) is 0.0213. The number of phosphoric acid groups is 1. The zero-order valence-corrected chi connectivity index (χ0v) is 38.9. The van der Waals surface area contributed by atoms with Gasteiger partial charge in [0.15, 0.2) is 6.10 Å². The van der Waals surface area contributed by atoms with Gasteiger partial charge in [-0.1, -0.05) is 159 Å². The lowest BCUT2D eigenvalue weighted by atomic mass is 10.1. The molecule has 0 bridgehead atoms. The van der Waals surface area contributed by atoms with E-state index in [1.54, 1.807) is 0 Å². The van der Waals surface area contributed by atoms with E-state index in [4.69, 9.17) is 18.5 Å². The average molecular weight is 839 g/mol. The molecular formula is C48H89NO8P+. The van der Waals surface area contributed by atoms with Gasteiger partial charge >= 0.3 is 19.8 Å². The van der Waals surface area contributed by atoms with Gasteiger partial charge in [0.05, 0.1) is 27.7 Å². The van der Waals surface area contributed by atoms with Crippen LogP contribution in [0.15, 0.2) is 48.6 Å². The van der Waals surface area contributed by atoms with Crippen LogP contribution in [0, 0.1) is 0 Å². The van der Waals surface area contributed by atoms with Crippen LogP contribution in [0.2, 0.25) is 0 Å². The minimum Gasteiger partial charge on any atom is -0.462 e. The molecule has 0 spiro atoms. The number of carbonyl (C=O) groups is 2. The van der Waals surface area contributed by atoms with E-state index in [0.717, 1.165) is 57.8 Å². The van der Waals surface area contributed by atoms with Crippen LogP contribution >= 0.6 is 7.82 Å². The minimum absolute atomic E-state index is 0.0209. The van der Waals surface area contributed by atoms with Crippen LogP contribution in [0.1, 0.15) is 194 Å². The molecule has 338 valence electrons. The zero-order valence-electron chi connectivity index (χ0n) is 38.0. The molecule has 0 aliphatic heterocycles. The molecule has 0 fully saturated rings. The van der Waals surface area contributed by atoms with Crippen LogP contribution in [0.3, 0.4) is 0 Å². The van der Waals surface area contributed by atoms with Gasteiger partial charge in [0.2, 0.25) is 0 Å². The molecule has 1 unspecified atom stereocenters. The van der Waals surface area contributed by atoms with Gasteiger partial charge in [-0.05, 0) is 70.6 Å². The van der Waals surface area contributed by atoms with E-state index in [2.05, 4.69) is 62.5 Å². The number of nitrogens with zero attached hydrogens (tertiary/aromatic N) is 1. The van der Waals surface area contributed by atoms with Crippen LogP contribution in [0.25, 0.3) is 0 Å². The van der Waals surface area contributed by atoms with Crippen molar-refractivity contribution >= 4 is 19.8 Å². The Morgan fingerprint density at radius 1 is 0.534 bits per heavy atom. The van der Waals surface area contributed by atoms with Crippen molar-refractivity contribution in [2.75, 3.05) is 47.5 Å². The summed E-state index contributed by atoms with van der Waals surface area (Å²) >= 11 is 0. The van der Waals surface area contributed by atoms with Gasteiger partial charge < -0.3 is 18.9 Å². The maximum atomic E-state index is 12.7. The number of ether oxygens (including phenoxy) is 2. The Balaban J connectivity index is 4.41. The number of unbranched alkanes of at least 4 members (excludes halogenated alkanes) is 20. The second-order valence-corrected chi connectivity index (χ2v) is 18.2. The van der Waals surface area contributed by atoms with E-state index in [1.807, 2.05) is 21.1 Å². The highest BCUT2D eigenvalue weighted by Crippen LogP contribution is 2.43. The minimum atomic E-state index is -4.39. The van der Waals surface area contributed by atoms with Crippen molar-refractivity contribution in [3.63, 3.8) is 0 Å². The van der Waals surface area contributed by atoms with Gasteiger partial charge in [0.25, 0.3) is 0 Å². The van der Waals surface area contributed by atoms with Crippen molar-refractivity contribution in [2.45, 2.75) is 200 Å². The fourth-order valence-electron chi connectivity index (χ4n) is 6.14. The van der Waals surface area contributed by atoms with Crippen LogP contribution < -0.4 is 0 Å². The van der Waals surface area contributed by atoms with E-state index in [0.29, 0.717) is 17.4 Å². The molecule has 2 atom stereocenters. The number of allylic oxidation sites excluding steroid dienone is 8. The Bertz CT molecular complexity index is 1130. The van der Waals surface area contributed by atoms with Crippen molar-refractivity contribution < 1.29 is 42.1 Å². The van der Waals surface area contributed by atoms with Crippen molar-refractivity contribution in [3.05, 3.63) is 48.6 Å². The molecule has 0 rings (SSSR count). The number of likely N-dealkylation sites (N-methyl/N-ethyl adjacent to an activating group) is 1. The first-order valence-corrected chi connectivity index (χ1v) is 24.9. The lowest BCUT2D eigenvalue weighted by molar-refractivity contribution is -0.870. The molecule has 0 heterocycles. The highest BCUT2D eigenvalue weighted by Gasteiger charge is 2.27. The lowest BCUT2D eigenvalue weighted by Gasteiger charge is -2.24. The summed E-state index contributed by atoms with van der Waals surface area (Å²) in [5.41, 5.74) is 0. The summed E-state index contributed by atoms with van der Waals surface area (Å²) in [5.74, 6) is -0.864. The molecule has 0 aromatic heterocycles. The molecule has 0 amide bonds. The summed E-state index contributed by atoms with van der Waals surface area (Å²) in [6.45, 7) is 4.35. The number of carbonyl (C=O) groups excluding carboxylic acids is 2. The Labute approximate surface area is 356 Å². The molecule has 0 aromatic carbocycles. The maximum Gasteiger partial charge on any atom is 0.472 e. The highest BCUT2D eigenvalue weighted by molar-refractivity contribution is 7.47. The fraction of sp³-hybridized carbons (Fsp3) is 0.792. The fourth-order valence-corrected chi connectivity index (χ4v) is 6.88. The molecule has 0 aliphatic rings. The van der Waals surface area contributed by atoms with Crippen LogP contribution in [-0.2, 0) is 32.7 Å². The third kappa shape index (κ3) is 43.5. The first-order valence-electron chi connectivity index (χ1n) is 23.4. The predicted molar refractivity (Wildman–Crippen MR) is 243 cm³/mol. The first-order chi connectivity index (χ1) is 28.0. The molecule has 1 N–H and O–H groups in total. The summed E-state index contributed by atoms with van der Waals surface area (Å²) < 4.78 is 34.3. The topological polar surface area (TPSA) is 108 Å². The lowest BCUT2D eigenvalue weighted by Crippen LogP contribution is -2.37. The summed E-state index contributed by atoms with van der Waals surface area (Å²) in [5, 5.41) is 0. The number of hydrogen-bond donors (Lipinski definition) is 1. The number of phosphoric ester groups is 1. The Morgan fingerprint density at radius 3 is 1.45 bits per heavy atom. The van der Waals surface area contributed by atoms with Gasteiger partial charge in [0, 0.05) is 12.8 Å². The number of hydrogen-bond acceptors (Lipinski definition) is 7. The normalized spacial score (nSPS) is 14.0. The third-order valence-corrected chi connectivity index (χ3v) is 10.8. The summed E-state index contributed by atoms with van der Waals surface area (Å²) in [6, 6.07) is 0. The second kappa shape index (κ2) is 40.4. The molecular weight excluding hydrogens is 750 g/mol. The maximum absolute atomic E-state index is 12.7. The molecule has 0 radical (unpaired) electrons. The van der Waals surface area contributed by atoms with Crippen molar-refractivity contribution in [3.8, 4) is 0 Å². The SMILES string of the molecule is CCCCCCCC/C=C\C/C=C\C/C=C\CCCC(=O)O[C@H](COC(=O)CCCCCCCCC/C=C\CCCCCCCC)COP(=O)(O)OCC[N+](C)(C)C. The summed E-state index contributed by atoms with van der Waals surface area (Å²) in [6.07, 6.45) is 47.4. The number of rotatable bonds is 42. The molecule has 0 saturated carbocycles. The van der Waals surface area contributed by atoms with E-state index in [9.17, 15) is 19.0 Å². The van der Waals surface area contributed by atoms with E-state index in [1.165, 1.54) is 103 Å².